The maximum Gasteiger partial charge on any atom is 0.306 e. The molecule has 3 nitrogen and oxygen atoms in total. The number of aromatic nitrogens is 1. The fraction of sp³-hybridized carbons (Fsp3) is 0.455. The molecule has 14 heavy (non-hydrogen) atoms. The number of nitrogens with zero attached hydrogens (tertiary/aromatic N) is 1. The van der Waals surface area contributed by atoms with Crippen molar-refractivity contribution in [3.8, 4) is 0 Å². The second-order valence-corrected chi connectivity index (χ2v) is 3.42. The smallest absolute Gasteiger partial charge is 0.306 e. The lowest BCUT2D eigenvalue weighted by atomic mass is 10.0. The lowest BCUT2D eigenvalue weighted by Crippen LogP contribution is -2.16. The summed E-state index contributed by atoms with van der Waals surface area (Å²) in [5.74, 6) is -1.06. The third kappa shape index (κ3) is 2.83. The van der Waals surface area contributed by atoms with E-state index in [1.54, 1.807) is 0 Å². The van der Waals surface area contributed by atoms with E-state index in [0.29, 0.717) is 12.8 Å². The molecule has 76 valence electrons. The standard InChI is InChI=1S/C11H15NO2/c1-3-9(11(13)14)7-10-6-4-5-8(2)12-10/h4-6,9H,3,7H2,1-2H3,(H,13,14). The second-order valence-electron chi connectivity index (χ2n) is 3.42. The molecule has 0 aliphatic rings. The number of hydrogen-bond donors (Lipinski definition) is 1. The number of aryl methyl sites for hydroxylation is 1. The molecule has 0 amide bonds. The maximum absolute atomic E-state index is 10.8. The Bertz CT molecular complexity index is 323. The van der Waals surface area contributed by atoms with Crippen molar-refractivity contribution in [1.82, 2.24) is 4.98 Å². The quantitative estimate of drug-likeness (QED) is 0.796. The fourth-order valence-electron chi connectivity index (χ4n) is 1.37. The van der Waals surface area contributed by atoms with Gasteiger partial charge >= 0.3 is 5.97 Å². The van der Waals surface area contributed by atoms with Gasteiger partial charge in [0.15, 0.2) is 0 Å². The van der Waals surface area contributed by atoms with E-state index in [2.05, 4.69) is 4.98 Å². The Morgan fingerprint density at radius 3 is 2.79 bits per heavy atom. The van der Waals surface area contributed by atoms with Crippen molar-refractivity contribution in [3.05, 3.63) is 29.6 Å². The molecule has 0 bridgehead atoms. The van der Waals surface area contributed by atoms with Crippen LogP contribution >= 0.6 is 0 Å². The monoisotopic (exact) mass is 193 g/mol. The summed E-state index contributed by atoms with van der Waals surface area (Å²) in [6, 6.07) is 5.69. The van der Waals surface area contributed by atoms with Crippen LogP contribution in [0.2, 0.25) is 0 Å². The van der Waals surface area contributed by atoms with Crippen LogP contribution in [0.4, 0.5) is 0 Å². The minimum Gasteiger partial charge on any atom is -0.481 e. The van der Waals surface area contributed by atoms with Crippen LogP contribution in [-0.2, 0) is 11.2 Å². The van der Waals surface area contributed by atoms with Gasteiger partial charge in [-0.2, -0.15) is 0 Å². The van der Waals surface area contributed by atoms with Gasteiger partial charge in [0.2, 0.25) is 0 Å². The van der Waals surface area contributed by atoms with Gasteiger partial charge in [-0.05, 0) is 25.5 Å². The molecule has 0 saturated carbocycles. The Morgan fingerprint density at radius 2 is 2.29 bits per heavy atom. The molecule has 1 aromatic rings. The summed E-state index contributed by atoms with van der Waals surface area (Å²) in [5, 5.41) is 8.88. The number of aliphatic carboxylic acids is 1. The SMILES string of the molecule is CCC(Cc1cccc(C)n1)C(=O)O. The van der Waals surface area contributed by atoms with E-state index >= 15 is 0 Å². The van der Waals surface area contributed by atoms with Crippen molar-refractivity contribution in [2.45, 2.75) is 26.7 Å². The molecule has 1 rings (SSSR count). The fourth-order valence-corrected chi connectivity index (χ4v) is 1.37. The predicted molar refractivity (Wildman–Crippen MR) is 54.1 cm³/mol. The first-order valence-corrected chi connectivity index (χ1v) is 4.78. The van der Waals surface area contributed by atoms with Crippen LogP contribution in [0.25, 0.3) is 0 Å². The van der Waals surface area contributed by atoms with Gasteiger partial charge in [0.1, 0.15) is 0 Å². The summed E-state index contributed by atoms with van der Waals surface area (Å²) in [7, 11) is 0. The predicted octanol–water partition coefficient (Wildman–Crippen LogP) is 2.04. The molecule has 0 aliphatic heterocycles. The van der Waals surface area contributed by atoms with Crippen molar-refractivity contribution < 1.29 is 9.90 Å². The van der Waals surface area contributed by atoms with E-state index < -0.39 is 5.97 Å². The van der Waals surface area contributed by atoms with Crippen LogP contribution in [0, 0.1) is 12.8 Å². The molecular weight excluding hydrogens is 178 g/mol. The van der Waals surface area contributed by atoms with E-state index in [0.717, 1.165) is 11.4 Å². The van der Waals surface area contributed by atoms with E-state index in [4.69, 9.17) is 5.11 Å². The van der Waals surface area contributed by atoms with Crippen LogP contribution in [0.1, 0.15) is 24.7 Å². The highest BCUT2D eigenvalue weighted by Crippen LogP contribution is 2.10. The topological polar surface area (TPSA) is 50.2 Å². The Kier molecular flexibility index (Phi) is 3.63. The van der Waals surface area contributed by atoms with Gasteiger partial charge in [0.25, 0.3) is 0 Å². The molecule has 0 saturated heterocycles. The van der Waals surface area contributed by atoms with Crippen LogP contribution in [0.3, 0.4) is 0 Å². The number of rotatable bonds is 4. The molecule has 0 aromatic carbocycles. The van der Waals surface area contributed by atoms with Crippen LogP contribution in [0.5, 0.6) is 0 Å². The molecule has 1 unspecified atom stereocenters. The van der Waals surface area contributed by atoms with Crippen LogP contribution in [0.15, 0.2) is 18.2 Å². The maximum atomic E-state index is 10.8. The summed E-state index contributed by atoms with van der Waals surface area (Å²) in [4.78, 5) is 15.1. The minimum absolute atomic E-state index is 0.315. The number of pyridine rings is 1. The molecule has 0 aliphatic carbocycles. The molecule has 1 atom stereocenters. The zero-order chi connectivity index (χ0) is 10.6. The molecule has 0 fully saturated rings. The first-order valence-electron chi connectivity index (χ1n) is 4.78. The summed E-state index contributed by atoms with van der Waals surface area (Å²) in [5.41, 5.74) is 1.79. The highest BCUT2D eigenvalue weighted by molar-refractivity contribution is 5.70. The molecule has 0 radical (unpaired) electrons. The molecule has 1 aromatic heterocycles. The van der Waals surface area contributed by atoms with Gasteiger partial charge in [-0.25, -0.2) is 0 Å². The minimum atomic E-state index is -0.740. The van der Waals surface area contributed by atoms with Crippen LogP contribution < -0.4 is 0 Å². The summed E-state index contributed by atoms with van der Waals surface area (Å²) in [6.45, 7) is 3.79. The van der Waals surface area contributed by atoms with Gasteiger partial charge in [-0.15, -0.1) is 0 Å². The molecule has 1 N–H and O–H groups in total. The van der Waals surface area contributed by atoms with Gasteiger partial charge in [-0.1, -0.05) is 13.0 Å². The number of carbonyl (C=O) groups is 1. The van der Waals surface area contributed by atoms with E-state index in [-0.39, 0.29) is 5.92 Å². The van der Waals surface area contributed by atoms with Crippen molar-refractivity contribution >= 4 is 5.97 Å². The lowest BCUT2D eigenvalue weighted by molar-refractivity contribution is -0.141. The average molecular weight is 193 g/mol. The third-order valence-corrected chi connectivity index (χ3v) is 2.24. The number of carboxylic acid groups (broad SMARTS) is 1. The largest absolute Gasteiger partial charge is 0.481 e. The highest BCUT2D eigenvalue weighted by Gasteiger charge is 2.15. The van der Waals surface area contributed by atoms with E-state index in [9.17, 15) is 4.79 Å². The van der Waals surface area contributed by atoms with Gasteiger partial charge in [-0.3, -0.25) is 9.78 Å². The average Bonchev–Trinajstić information content (AvgIpc) is 2.14. The second kappa shape index (κ2) is 4.74. The Labute approximate surface area is 83.8 Å². The Morgan fingerprint density at radius 1 is 1.57 bits per heavy atom. The zero-order valence-corrected chi connectivity index (χ0v) is 8.53. The molecular formula is C11H15NO2. The van der Waals surface area contributed by atoms with Crippen molar-refractivity contribution in [2.24, 2.45) is 5.92 Å². The first kappa shape index (κ1) is 10.7. The van der Waals surface area contributed by atoms with E-state index in [1.807, 2.05) is 32.0 Å². The van der Waals surface area contributed by atoms with Crippen molar-refractivity contribution in [2.75, 3.05) is 0 Å². The summed E-state index contributed by atoms with van der Waals surface area (Å²) in [6.07, 6.45) is 1.17. The Balaban J connectivity index is 2.72. The zero-order valence-electron chi connectivity index (χ0n) is 8.53. The van der Waals surface area contributed by atoms with Crippen LogP contribution in [-0.4, -0.2) is 16.1 Å². The van der Waals surface area contributed by atoms with Gasteiger partial charge < -0.3 is 5.11 Å². The van der Waals surface area contributed by atoms with E-state index in [1.165, 1.54) is 0 Å². The number of carboxylic acids is 1. The molecule has 1 heterocycles. The Hall–Kier alpha value is -1.38. The lowest BCUT2D eigenvalue weighted by Gasteiger charge is -2.08. The molecule has 0 spiro atoms. The molecule has 3 heteroatoms. The first-order chi connectivity index (χ1) is 6.63. The summed E-state index contributed by atoms with van der Waals surface area (Å²) >= 11 is 0. The highest BCUT2D eigenvalue weighted by atomic mass is 16.4. The summed E-state index contributed by atoms with van der Waals surface area (Å²) < 4.78 is 0. The van der Waals surface area contributed by atoms with Gasteiger partial charge in [0, 0.05) is 17.8 Å². The van der Waals surface area contributed by atoms with Crippen molar-refractivity contribution in [1.29, 1.82) is 0 Å². The number of hydrogen-bond acceptors (Lipinski definition) is 2. The van der Waals surface area contributed by atoms with Crippen molar-refractivity contribution in [3.63, 3.8) is 0 Å². The third-order valence-electron chi connectivity index (χ3n) is 2.24. The van der Waals surface area contributed by atoms with Gasteiger partial charge in [0.05, 0.1) is 5.92 Å². The normalized spacial score (nSPS) is 12.4.